The molecule has 0 aliphatic heterocycles. The summed E-state index contributed by atoms with van der Waals surface area (Å²) in [6.45, 7) is 0. The molecule has 2 N–H and O–H groups in total. The van der Waals surface area contributed by atoms with Crippen LogP contribution < -0.4 is 10.1 Å². The highest BCUT2D eigenvalue weighted by molar-refractivity contribution is 7.81. The first-order valence-corrected chi connectivity index (χ1v) is 7.78. The Balaban J connectivity index is 1.78. The molecule has 0 saturated carbocycles. The van der Waals surface area contributed by atoms with Gasteiger partial charge in [0, 0.05) is 18.0 Å². The van der Waals surface area contributed by atoms with Crippen LogP contribution in [0.2, 0.25) is 0 Å². The van der Waals surface area contributed by atoms with Gasteiger partial charge < -0.3 is 15.2 Å². The monoisotopic (exact) mass is 336 g/mol. The Morgan fingerprint density at radius 2 is 1.67 bits per heavy atom. The second-order valence-electron chi connectivity index (χ2n) is 5.11. The quantitative estimate of drug-likeness (QED) is 0.698. The lowest BCUT2D eigenvalue weighted by molar-refractivity contribution is 0.371. The van der Waals surface area contributed by atoms with Crippen molar-refractivity contribution in [2.75, 3.05) is 12.4 Å². The fourth-order valence-electron chi connectivity index (χ4n) is 2.33. The second kappa shape index (κ2) is 7.10. The summed E-state index contributed by atoms with van der Waals surface area (Å²) in [4.78, 5) is 4.45. The van der Waals surface area contributed by atoms with Crippen LogP contribution in [0.5, 0.6) is 11.5 Å². The molecule has 24 heavy (non-hydrogen) atoms. The van der Waals surface area contributed by atoms with Crippen molar-refractivity contribution < 1.29 is 9.84 Å². The number of rotatable bonds is 4. The number of hydrogen-bond acceptors (Lipinski definition) is 4. The first kappa shape index (κ1) is 16.0. The number of ether oxygens (including phenoxy) is 1. The zero-order valence-electron chi connectivity index (χ0n) is 13.1. The Morgan fingerprint density at radius 1 is 1.00 bits per heavy atom. The van der Waals surface area contributed by atoms with Crippen molar-refractivity contribution >= 4 is 22.9 Å². The zero-order valence-corrected chi connectivity index (χ0v) is 13.9. The average Bonchev–Trinajstić information content (AvgIpc) is 2.63. The first-order valence-electron chi connectivity index (χ1n) is 7.38. The largest absolute Gasteiger partial charge is 0.503 e. The van der Waals surface area contributed by atoms with E-state index in [1.54, 1.807) is 12.3 Å². The van der Waals surface area contributed by atoms with Gasteiger partial charge in [-0.15, -0.1) is 0 Å². The van der Waals surface area contributed by atoms with Crippen molar-refractivity contribution in [2.24, 2.45) is 0 Å². The maximum absolute atomic E-state index is 10.1. The minimum absolute atomic E-state index is 0.0709. The molecule has 0 aliphatic carbocycles. The number of aromatic hydroxyl groups is 1. The summed E-state index contributed by atoms with van der Waals surface area (Å²) >= 11 is 5.33. The lowest BCUT2D eigenvalue weighted by atomic mass is 10.1. The molecule has 0 saturated heterocycles. The van der Waals surface area contributed by atoms with Crippen LogP contribution in [0.3, 0.4) is 0 Å². The fraction of sp³-hybridized carbons (Fsp3) is 0.0526. The van der Waals surface area contributed by atoms with Gasteiger partial charge in [0.1, 0.15) is 10.7 Å². The molecule has 0 atom stereocenters. The van der Waals surface area contributed by atoms with Gasteiger partial charge in [0.05, 0.1) is 7.11 Å². The van der Waals surface area contributed by atoms with E-state index in [1.807, 2.05) is 42.5 Å². The third-order valence-electron chi connectivity index (χ3n) is 3.57. The number of nitrogens with one attached hydrogen (secondary N) is 1. The van der Waals surface area contributed by atoms with Crippen LogP contribution in [0.4, 0.5) is 5.69 Å². The van der Waals surface area contributed by atoms with E-state index in [2.05, 4.69) is 22.4 Å². The molecule has 2 aromatic carbocycles. The van der Waals surface area contributed by atoms with Crippen molar-refractivity contribution in [2.45, 2.75) is 0 Å². The van der Waals surface area contributed by atoms with Gasteiger partial charge in [-0.05, 0) is 23.3 Å². The van der Waals surface area contributed by atoms with Gasteiger partial charge in [0.2, 0.25) is 0 Å². The van der Waals surface area contributed by atoms with E-state index in [0.29, 0.717) is 10.7 Å². The van der Waals surface area contributed by atoms with Crippen LogP contribution in [-0.2, 0) is 0 Å². The number of nitrogens with zero attached hydrogens (tertiary/aromatic N) is 1. The Labute approximate surface area is 145 Å². The van der Waals surface area contributed by atoms with Crippen LogP contribution in [-0.4, -0.2) is 22.2 Å². The summed E-state index contributed by atoms with van der Waals surface area (Å²) < 4.78 is 5.07. The van der Waals surface area contributed by atoms with E-state index in [4.69, 9.17) is 17.0 Å². The average molecular weight is 336 g/mol. The lowest BCUT2D eigenvalue weighted by Gasteiger charge is -2.11. The van der Waals surface area contributed by atoms with Gasteiger partial charge in [-0.2, -0.15) is 0 Å². The standard InChI is InChI=1S/C19H16N2O2S/c1-23-16-11-12-20-17(18(16)22)19(24)21-15-9-7-14(8-10-15)13-5-3-2-4-6-13/h2-12,22H,1H3,(H,21,24). The smallest absolute Gasteiger partial charge is 0.187 e. The number of benzene rings is 2. The molecule has 0 spiro atoms. The number of hydrogen-bond donors (Lipinski definition) is 2. The van der Waals surface area contributed by atoms with Gasteiger partial charge in [-0.3, -0.25) is 0 Å². The van der Waals surface area contributed by atoms with Crippen LogP contribution in [0.15, 0.2) is 66.9 Å². The molecule has 3 rings (SSSR count). The molecule has 5 heteroatoms. The summed E-state index contributed by atoms with van der Waals surface area (Å²) in [5, 5.41) is 13.2. The number of thiocarbonyl (C=S) groups is 1. The Bertz CT molecular complexity index is 849. The topological polar surface area (TPSA) is 54.4 Å². The maximum atomic E-state index is 10.1. The Hall–Kier alpha value is -2.92. The van der Waals surface area contributed by atoms with Gasteiger partial charge in [0.25, 0.3) is 0 Å². The second-order valence-corrected chi connectivity index (χ2v) is 5.52. The van der Waals surface area contributed by atoms with Crippen LogP contribution >= 0.6 is 12.2 Å². The fourth-order valence-corrected chi connectivity index (χ4v) is 2.60. The van der Waals surface area contributed by atoms with E-state index in [1.165, 1.54) is 7.11 Å². The lowest BCUT2D eigenvalue weighted by Crippen LogP contribution is -2.12. The highest BCUT2D eigenvalue weighted by Gasteiger charge is 2.13. The van der Waals surface area contributed by atoms with Gasteiger partial charge >= 0.3 is 0 Å². The molecule has 1 heterocycles. The van der Waals surface area contributed by atoms with E-state index in [9.17, 15) is 5.11 Å². The molecular formula is C19H16N2O2S. The van der Waals surface area contributed by atoms with Crippen LogP contribution in [0, 0.1) is 0 Å². The summed E-state index contributed by atoms with van der Waals surface area (Å²) in [6.07, 6.45) is 1.54. The molecular weight excluding hydrogens is 320 g/mol. The molecule has 0 radical (unpaired) electrons. The highest BCUT2D eigenvalue weighted by atomic mass is 32.1. The normalized spacial score (nSPS) is 10.2. The Kier molecular flexibility index (Phi) is 4.72. The number of aromatic nitrogens is 1. The molecule has 0 aliphatic rings. The molecule has 0 amide bonds. The van der Waals surface area contributed by atoms with Crippen LogP contribution in [0.1, 0.15) is 5.69 Å². The first-order chi connectivity index (χ1) is 11.7. The predicted octanol–water partition coefficient (Wildman–Crippen LogP) is 4.25. The SMILES string of the molecule is COc1ccnc(C(=S)Nc2ccc(-c3ccccc3)cc2)c1O. The summed E-state index contributed by atoms with van der Waals surface area (Å²) in [6, 6.07) is 19.6. The summed E-state index contributed by atoms with van der Waals surface area (Å²) in [7, 11) is 1.48. The molecule has 0 fully saturated rings. The van der Waals surface area contributed by atoms with Crippen molar-refractivity contribution in [3.05, 3.63) is 72.6 Å². The number of methoxy groups -OCH3 is 1. The number of anilines is 1. The maximum Gasteiger partial charge on any atom is 0.187 e. The predicted molar refractivity (Wildman–Crippen MR) is 99.7 cm³/mol. The molecule has 0 bridgehead atoms. The summed E-state index contributed by atoms with van der Waals surface area (Å²) in [5.41, 5.74) is 3.38. The van der Waals surface area contributed by atoms with E-state index >= 15 is 0 Å². The highest BCUT2D eigenvalue weighted by Crippen LogP contribution is 2.28. The summed E-state index contributed by atoms with van der Waals surface area (Å²) in [5.74, 6) is 0.266. The molecule has 120 valence electrons. The van der Waals surface area contributed by atoms with Gasteiger partial charge in [-0.25, -0.2) is 4.98 Å². The minimum Gasteiger partial charge on any atom is -0.503 e. The zero-order chi connectivity index (χ0) is 16.9. The van der Waals surface area contributed by atoms with E-state index in [0.717, 1.165) is 16.8 Å². The molecule has 3 aromatic rings. The Morgan fingerprint density at radius 3 is 2.33 bits per heavy atom. The molecule has 4 nitrogen and oxygen atoms in total. The van der Waals surface area contributed by atoms with E-state index < -0.39 is 0 Å². The van der Waals surface area contributed by atoms with Crippen molar-refractivity contribution in [1.29, 1.82) is 0 Å². The number of pyridine rings is 1. The third-order valence-corrected chi connectivity index (χ3v) is 3.87. The van der Waals surface area contributed by atoms with Crippen molar-refractivity contribution in [3.63, 3.8) is 0 Å². The third kappa shape index (κ3) is 3.36. The van der Waals surface area contributed by atoms with Crippen molar-refractivity contribution in [1.82, 2.24) is 4.98 Å². The van der Waals surface area contributed by atoms with Crippen molar-refractivity contribution in [3.8, 4) is 22.6 Å². The minimum atomic E-state index is -0.0709. The van der Waals surface area contributed by atoms with Gasteiger partial charge in [-0.1, -0.05) is 54.7 Å². The molecule has 1 aromatic heterocycles. The van der Waals surface area contributed by atoms with E-state index in [-0.39, 0.29) is 11.4 Å². The van der Waals surface area contributed by atoms with Crippen LogP contribution in [0.25, 0.3) is 11.1 Å². The van der Waals surface area contributed by atoms with Gasteiger partial charge in [0.15, 0.2) is 11.5 Å². The molecule has 0 unspecified atom stereocenters.